The maximum atomic E-state index is 12.9. The van der Waals surface area contributed by atoms with Crippen molar-refractivity contribution in [2.75, 3.05) is 0 Å². The van der Waals surface area contributed by atoms with Gasteiger partial charge < -0.3 is 0 Å². The second kappa shape index (κ2) is 4.72. The Morgan fingerprint density at radius 3 is 2.17 bits per heavy atom. The van der Waals surface area contributed by atoms with E-state index in [0.29, 0.717) is 5.41 Å². The second-order valence-corrected chi connectivity index (χ2v) is 6.36. The van der Waals surface area contributed by atoms with Gasteiger partial charge in [-0.05, 0) is 55.2 Å². The van der Waals surface area contributed by atoms with Gasteiger partial charge in [0.05, 0.1) is 11.5 Å². The van der Waals surface area contributed by atoms with Gasteiger partial charge in [-0.25, -0.2) is 4.39 Å². The van der Waals surface area contributed by atoms with E-state index in [1.165, 1.54) is 12.1 Å². The van der Waals surface area contributed by atoms with Crippen molar-refractivity contribution in [3.8, 4) is 6.07 Å². The molecule has 0 radical (unpaired) electrons. The molecule has 0 spiro atoms. The van der Waals surface area contributed by atoms with Crippen molar-refractivity contribution in [2.24, 2.45) is 10.8 Å². The molecule has 0 aliphatic heterocycles. The molecule has 0 bridgehead atoms. The molecule has 1 aromatic rings. The number of hydrogen-bond donors (Lipinski definition) is 0. The summed E-state index contributed by atoms with van der Waals surface area (Å²) in [6.07, 6.45) is 4.85. The maximum absolute atomic E-state index is 12.9. The summed E-state index contributed by atoms with van der Waals surface area (Å²) in [4.78, 5) is 0. The fraction of sp³-hybridized carbons (Fsp3) is 0.562. The highest BCUT2D eigenvalue weighted by molar-refractivity contribution is 5.20. The SMILES string of the molecule is CC1(C)CCC(C#N)(Cc2ccc(F)cc2)CC1. The summed E-state index contributed by atoms with van der Waals surface area (Å²) < 4.78 is 12.9. The fourth-order valence-electron chi connectivity index (χ4n) is 2.73. The molecule has 2 rings (SSSR count). The first-order valence-corrected chi connectivity index (χ1v) is 6.61. The molecule has 0 unspecified atom stereocenters. The Hall–Kier alpha value is -1.36. The summed E-state index contributed by atoms with van der Waals surface area (Å²) in [6.45, 7) is 4.54. The average Bonchev–Trinajstić information content (AvgIpc) is 2.35. The molecule has 0 N–H and O–H groups in total. The molecular formula is C16H20FN. The zero-order valence-corrected chi connectivity index (χ0v) is 11.2. The summed E-state index contributed by atoms with van der Waals surface area (Å²) in [6, 6.07) is 9.08. The Kier molecular flexibility index (Phi) is 3.43. The topological polar surface area (TPSA) is 23.8 Å². The van der Waals surface area contributed by atoms with Gasteiger partial charge in [0.1, 0.15) is 5.82 Å². The van der Waals surface area contributed by atoms with E-state index in [2.05, 4.69) is 19.9 Å². The van der Waals surface area contributed by atoms with Crippen LogP contribution >= 0.6 is 0 Å². The van der Waals surface area contributed by atoms with Gasteiger partial charge in [0, 0.05) is 0 Å². The van der Waals surface area contributed by atoms with E-state index >= 15 is 0 Å². The van der Waals surface area contributed by atoms with Gasteiger partial charge in [0.15, 0.2) is 0 Å². The second-order valence-electron chi connectivity index (χ2n) is 6.36. The minimum atomic E-state index is -0.243. The summed E-state index contributed by atoms with van der Waals surface area (Å²) in [5.74, 6) is -0.213. The molecule has 1 saturated carbocycles. The van der Waals surface area contributed by atoms with Crippen LogP contribution in [0, 0.1) is 28.0 Å². The lowest BCUT2D eigenvalue weighted by atomic mass is 9.64. The Balaban J connectivity index is 2.11. The molecule has 0 heterocycles. The highest BCUT2D eigenvalue weighted by Crippen LogP contribution is 2.46. The van der Waals surface area contributed by atoms with E-state index in [9.17, 15) is 9.65 Å². The van der Waals surface area contributed by atoms with Crippen molar-refractivity contribution in [2.45, 2.75) is 46.0 Å². The van der Waals surface area contributed by atoms with Crippen LogP contribution in [0.2, 0.25) is 0 Å². The number of halogens is 1. The predicted molar refractivity (Wildman–Crippen MR) is 70.4 cm³/mol. The quantitative estimate of drug-likeness (QED) is 0.753. The van der Waals surface area contributed by atoms with Crippen LogP contribution in [0.1, 0.15) is 45.1 Å². The van der Waals surface area contributed by atoms with E-state index in [1.807, 2.05) is 0 Å². The molecule has 0 amide bonds. The standard InChI is InChI=1S/C16H20FN/c1-15(2)7-9-16(12-18,10-8-15)11-13-3-5-14(17)6-4-13/h3-6H,7-11H2,1-2H3. The molecule has 2 heteroatoms. The third-order valence-electron chi connectivity index (χ3n) is 4.25. The van der Waals surface area contributed by atoms with E-state index < -0.39 is 0 Å². The third-order valence-corrected chi connectivity index (χ3v) is 4.25. The van der Waals surface area contributed by atoms with Crippen LogP contribution < -0.4 is 0 Å². The summed E-state index contributed by atoms with van der Waals surface area (Å²) in [5, 5.41) is 9.50. The van der Waals surface area contributed by atoms with Crippen molar-refractivity contribution in [3.05, 3.63) is 35.6 Å². The summed E-state index contributed by atoms with van der Waals surface area (Å²) >= 11 is 0. The molecule has 1 fully saturated rings. The van der Waals surface area contributed by atoms with E-state index in [0.717, 1.165) is 37.7 Å². The molecule has 1 aliphatic rings. The van der Waals surface area contributed by atoms with Crippen LogP contribution in [0.4, 0.5) is 4.39 Å². The number of benzene rings is 1. The van der Waals surface area contributed by atoms with Gasteiger partial charge in [-0.1, -0.05) is 26.0 Å². The lowest BCUT2D eigenvalue weighted by Crippen LogP contribution is -2.31. The molecule has 96 valence electrons. The Labute approximate surface area is 109 Å². The lowest BCUT2D eigenvalue weighted by Gasteiger charge is -2.39. The first kappa shape index (κ1) is 13.1. The van der Waals surface area contributed by atoms with Crippen LogP contribution in [0.3, 0.4) is 0 Å². The van der Waals surface area contributed by atoms with Crippen molar-refractivity contribution < 1.29 is 4.39 Å². The zero-order chi connectivity index (χ0) is 13.2. The van der Waals surface area contributed by atoms with E-state index in [4.69, 9.17) is 0 Å². The smallest absolute Gasteiger partial charge is 0.123 e. The molecular weight excluding hydrogens is 225 g/mol. The molecule has 1 nitrogen and oxygen atoms in total. The first-order chi connectivity index (χ1) is 8.45. The Morgan fingerprint density at radius 2 is 1.67 bits per heavy atom. The van der Waals surface area contributed by atoms with Crippen LogP contribution in [0.25, 0.3) is 0 Å². The zero-order valence-electron chi connectivity index (χ0n) is 11.2. The third kappa shape index (κ3) is 2.90. The fourth-order valence-corrected chi connectivity index (χ4v) is 2.73. The minimum Gasteiger partial charge on any atom is -0.207 e. The molecule has 18 heavy (non-hydrogen) atoms. The highest BCUT2D eigenvalue weighted by atomic mass is 19.1. The Bertz CT molecular complexity index is 443. The molecule has 0 aromatic heterocycles. The van der Waals surface area contributed by atoms with Crippen molar-refractivity contribution in [1.29, 1.82) is 5.26 Å². The molecule has 0 atom stereocenters. The van der Waals surface area contributed by atoms with Crippen LogP contribution in [-0.4, -0.2) is 0 Å². The van der Waals surface area contributed by atoms with Crippen molar-refractivity contribution >= 4 is 0 Å². The monoisotopic (exact) mass is 245 g/mol. The maximum Gasteiger partial charge on any atom is 0.123 e. The van der Waals surface area contributed by atoms with Gasteiger partial charge in [0.25, 0.3) is 0 Å². The summed E-state index contributed by atoms with van der Waals surface area (Å²) in [5.41, 5.74) is 1.19. The van der Waals surface area contributed by atoms with Gasteiger partial charge in [-0.2, -0.15) is 5.26 Å². The lowest BCUT2D eigenvalue weighted by molar-refractivity contribution is 0.146. The normalized spacial score (nSPS) is 21.2. The predicted octanol–water partition coefficient (Wildman–Crippen LogP) is 4.48. The van der Waals surface area contributed by atoms with E-state index in [1.54, 1.807) is 12.1 Å². The van der Waals surface area contributed by atoms with Crippen LogP contribution in [0.5, 0.6) is 0 Å². The number of nitrogens with zero attached hydrogens (tertiary/aromatic N) is 1. The largest absolute Gasteiger partial charge is 0.207 e. The van der Waals surface area contributed by atoms with Gasteiger partial charge in [-0.15, -0.1) is 0 Å². The van der Waals surface area contributed by atoms with Crippen molar-refractivity contribution in [3.63, 3.8) is 0 Å². The van der Waals surface area contributed by atoms with E-state index in [-0.39, 0.29) is 11.2 Å². The molecule has 1 aliphatic carbocycles. The molecule has 1 aromatic carbocycles. The van der Waals surface area contributed by atoms with Gasteiger partial charge >= 0.3 is 0 Å². The first-order valence-electron chi connectivity index (χ1n) is 6.61. The highest BCUT2D eigenvalue weighted by Gasteiger charge is 2.38. The van der Waals surface area contributed by atoms with Gasteiger partial charge in [0.2, 0.25) is 0 Å². The number of hydrogen-bond acceptors (Lipinski definition) is 1. The summed E-state index contributed by atoms with van der Waals surface area (Å²) in [7, 11) is 0. The number of nitriles is 1. The average molecular weight is 245 g/mol. The van der Waals surface area contributed by atoms with Crippen LogP contribution in [0.15, 0.2) is 24.3 Å². The van der Waals surface area contributed by atoms with Crippen molar-refractivity contribution in [1.82, 2.24) is 0 Å². The molecule has 0 saturated heterocycles. The minimum absolute atomic E-state index is 0.213. The number of rotatable bonds is 2. The Morgan fingerprint density at radius 1 is 1.11 bits per heavy atom. The van der Waals surface area contributed by atoms with Gasteiger partial charge in [-0.3, -0.25) is 0 Å². The van der Waals surface area contributed by atoms with Crippen LogP contribution in [-0.2, 0) is 6.42 Å².